The van der Waals surface area contributed by atoms with E-state index in [0.29, 0.717) is 0 Å². The van der Waals surface area contributed by atoms with Crippen LogP contribution in [0.2, 0.25) is 0 Å². The van der Waals surface area contributed by atoms with Crippen LogP contribution in [0.3, 0.4) is 0 Å². The summed E-state index contributed by atoms with van der Waals surface area (Å²) in [4.78, 5) is 50.6. The predicted molar refractivity (Wildman–Crippen MR) is 145 cm³/mol. The van der Waals surface area contributed by atoms with E-state index in [9.17, 15) is 39.6 Å². The van der Waals surface area contributed by atoms with Crippen LogP contribution in [0.25, 0.3) is 0 Å². The average molecular weight is 819 g/mol. The third-order valence-corrected chi connectivity index (χ3v) is 7.84. The normalized spacial score (nSPS) is 12.0. The molecule has 15 heteroatoms. The molecule has 34 heavy (non-hydrogen) atoms. The van der Waals surface area contributed by atoms with Crippen LogP contribution in [0.1, 0.15) is 34.6 Å². The Morgan fingerprint density at radius 1 is 0.912 bits per heavy atom. The molecule has 0 saturated carbocycles. The first-order valence-corrected chi connectivity index (χ1v) is 12.9. The maximum atomic E-state index is 13.6. The lowest BCUT2D eigenvalue weighted by atomic mass is 10.0. The zero-order valence-corrected chi connectivity index (χ0v) is 24.5. The Morgan fingerprint density at radius 2 is 1.35 bits per heavy atom. The number of benzene rings is 1. The number of nitrogens with one attached hydrogen (secondary N) is 1. The molecule has 1 aromatic carbocycles. The maximum Gasteiger partial charge on any atom is 0.303 e. The SMILES string of the molecule is CC(=O)OC(C)C(=O)Nc1c(I)c(C(N)=O)c(I)c(C(=O)N(C(CO)CO)C(CO)CO)c1I. The lowest BCUT2D eigenvalue weighted by Crippen LogP contribution is -2.53. The molecule has 0 aliphatic rings. The predicted octanol–water partition coefficient (Wildman–Crippen LogP) is -0.362. The Hall–Kier alpha value is -0.870. The Morgan fingerprint density at radius 3 is 1.74 bits per heavy atom. The van der Waals surface area contributed by atoms with Gasteiger partial charge in [0.2, 0.25) is 0 Å². The minimum absolute atomic E-state index is 0.0526. The number of aliphatic hydroxyl groups excluding tert-OH is 4. The van der Waals surface area contributed by atoms with E-state index < -0.39 is 68.3 Å². The van der Waals surface area contributed by atoms with Crippen LogP contribution in [0.5, 0.6) is 0 Å². The number of rotatable bonds is 11. The van der Waals surface area contributed by atoms with Gasteiger partial charge in [0, 0.05) is 10.5 Å². The second kappa shape index (κ2) is 14.0. The van der Waals surface area contributed by atoms with Crippen LogP contribution < -0.4 is 11.1 Å². The number of carbonyl (C=O) groups excluding carboxylic acids is 4. The van der Waals surface area contributed by atoms with E-state index in [4.69, 9.17) is 10.5 Å². The van der Waals surface area contributed by atoms with Crippen LogP contribution in [0.4, 0.5) is 5.69 Å². The number of primary amides is 1. The molecule has 0 aliphatic heterocycles. The Labute approximate surface area is 236 Å². The molecule has 3 amide bonds. The number of hydrogen-bond donors (Lipinski definition) is 6. The second-order valence-electron chi connectivity index (χ2n) is 6.92. The van der Waals surface area contributed by atoms with Crippen molar-refractivity contribution in [3.63, 3.8) is 0 Å². The lowest BCUT2D eigenvalue weighted by Gasteiger charge is -2.35. The molecule has 1 atom stereocenters. The number of halogens is 3. The largest absolute Gasteiger partial charge is 0.453 e. The van der Waals surface area contributed by atoms with Crippen molar-refractivity contribution >= 4 is 97.2 Å². The van der Waals surface area contributed by atoms with Gasteiger partial charge in [0.05, 0.1) is 62.5 Å². The van der Waals surface area contributed by atoms with Crippen LogP contribution >= 0.6 is 67.8 Å². The number of aliphatic hydroxyl groups is 4. The number of anilines is 1. The van der Waals surface area contributed by atoms with Gasteiger partial charge in [-0.25, -0.2) is 0 Å². The van der Waals surface area contributed by atoms with Gasteiger partial charge in [-0.15, -0.1) is 0 Å². The summed E-state index contributed by atoms with van der Waals surface area (Å²) in [5, 5.41) is 41.2. The van der Waals surface area contributed by atoms with E-state index >= 15 is 0 Å². The highest BCUT2D eigenvalue weighted by Gasteiger charge is 2.36. The molecule has 12 nitrogen and oxygen atoms in total. The first-order valence-electron chi connectivity index (χ1n) is 9.62. The zero-order chi connectivity index (χ0) is 26.3. The van der Waals surface area contributed by atoms with E-state index in [0.717, 1.165) is 11.8 Å². The summed E-state index contributed by atoms with van der Waals surface area (Å²) in [6, 6.07) is -2.36. The van der Waals surface area contributed by atoms with E-state index in [1.54, 1.807) is 67.8 Å². The summed E-state index contributed by atoms with van der Waals surface area (Å²) in [6.07, 6.45) is -1.18. The first kappa shape index (κ1) is 31.2. The summed E-state index contributed by atoms with van der Waals surface area (Å²) in [7, 11) is 0. The van der Waals surface area contributed by atoms with Crippen molar-refractivity contribution in [1.29, 1.82) is 0 Å². The molecule has 190 valence electrons. The molecule has 1 unspecified atom stereocenters. The van der Waals surface area contributed by atoms with Gasteiger partial charge >= 0.3 is 5.97 Å². The Balaban J connectivity index is 3.80. The highest BCUT2D eigenvalue weighted by Crippen LogP contribution is 2.37. The summed E-state index contributed by atoms with van der Waals surface area (Å²) < 4.78 is 5.40. The molecule has 0 aromatic heterocycles. The van der Waals surface area contributed by atoms with Crippen LogP contribution in [-0.4, -0.2) is 93.6 Å². The van der Waals surface area contributed by atoms with Gasteiger partial charge in [0.15, 0.2) is 6.10 Å². The summed E-state index contributed by atoms with van der Waals surface area (Å²) in [5.74, 6) is -3.14. The molecule has 0 fully saturated rings. The highest BCUT2D eigenvalue weighted by molar-refractivity contribution is 14.1. The summed E-state index contributed by atoms with van der Waals surface area (Å²) in [6.45, 7) is -0.238. The molecule has 7 N–H and O–H groups in total. The molecule has 0 heterocycles. The number of carbonyl (C=O) groups is 4. The van der Waals surface area contributed by atoms with Gasteiger partial charge in [-0.2, -0.15) is 0 Å². The van der Waals surface area contributed by atoms with Crippen LogP contribution in [-0.2, 0) is 14.3 Å². The van der Waals surface area contributed by atoms with Gasteiger partial charge in [0.1, 0.15) is 0 Å². The lowest BCUT2D eigenvalue weighted by molar-refractivity contribution is -0.150. The van der Waals surface area contributed by atoms with Crippen molar-refractivity contribution in [2.75, 3.05) is 31.7 Å². The number of ether oxygens (including phenoxy) is 1. The fourth-order valence-electron chi connectivity index (χ4n) is 2.93. The summed E-state index contributed by atoms with van der Waals surface area (Å²) >= 11 is 5.30. The van der Waals surface area contributed by atoms with Crippen molar-refractivity contribution in [3.05, 3.63) is 21.8 Å². The zero-order valence-electron chi connectivity index (χ0n) is 18.0. The number of nitrogens with two attached hydrogens (primary N) is 1. The molecule has 0 aliphatic carbocycles. The van der Waals surface area contributed by atoms with E-state index in [1.807, 2.05) is 0 Å². The molecule has 1 rings (SSSR count). The quantitative estimate of drug-likeness (QED) is 0.128. The minimum Gasteiger partial charge on any atom is -0.453 e. The Bertz CT molecular complexity index is 941. The first-order chi connectivity index (χ1) is 15.9. The third-order valence-electron chi connectivity index (χ3n) is 4.60. The van der Waals surface area contributed by atoms with Crippen molar-refractivity contribution < 1.29 is 44.3 Å². The van der Waals surface area contributed by atoms with Crippen molar-refractivity contribution in [3.8, 4) is 0 Å². The molecule has 0 bridgehead atoms. The fraction of sp³-hybridized carbons (Fsp3) is 0.474. The standard InChI is InChI=1S/C19H24I3N3O9/c1-7(34-8(2)30)18(32)24-16-14(21)11(17(23)31)13(20)12(15(16)22)19(33)25(9(3-26)4-27)10(5-28)6-29/h7,9-10,26-29H,3-6H2,1-2H3,(H2,23,31)(H,24,32). The molecule has 0 radical (unpaired) electrons. The van der Waals surface area contributed by atoms with Crippen LogP contribution in [0, 0.1) is 10.7 Å². The second-order valence-corrected chi connectivity index (χ2v) is 10.2. The fourth-order valence-corrected chi connectivity index (χ4v) is 7.36. The molecular formula is C19H24I3N3O9. The summed E-state index contributed by atoms with van der Waals surface area (Å²) in [5.41, 5.74) is 5.41. The monoisotopic (exact) mass is 819 g/mol. The number of hydrogen-bond acceptors (Lipinski definition) is 9. The number of amides is 3. The van der Waals surface area contributed by atoms with E-state index in [-0.39, 0.29) is 27.5 Å². The Kier molecular flexibility index (Phi) is 12.8. The number of esters is 1. The molecule has 1 aromatic rings. The van der Waals surface area contributed by atoms with Gasteiger partial charge < -0.3 is 41.1 Å². The molecule has 0 spiro atoms. The average Bonchev–Trinajstić information content (AvgIpc) is 2.75. The molecule has 0 saturated heterocycles. The number of nitrogens with zero attached hydrogens (tertiary/aromatic N) is 1. The van der Waals surface area contributed by atoms with Gasteiger partial charge in [0.25, 0.3) is 17.7 Å². The van der Waals surface area contributed by atoms with Crippen molar-refractivity contribution in [2.24, 2.45) is 5.73 Å². The third kappa shape index (κ3) is 7.09. The molecular weight excluding hydrogens is 795 g/mol. The van der Waals surface area contributed by atoms with Gasteiger partial charge in [-0.05, 0) is 74.7 Å². The van der Waals surface area contributed by atoms with Crippen LogP contribution in [0.15, 0.2) is 0 Å². The maximum absolute atomic E-state index is 13.6. The van der Waals surface area contributed by atoms with Crippen molar-refractivity contribution in [2.45, 2.75) is 32.0 Å². The minimum atomic E-state index is -1.18. The topological polar surface area (TPSA) is 200 Å². The van der Waals surface area contributed by atoms with E-state index in [2.05, 4.69) is 5.32 Å². The van der Waals surface area contributed by atoms with E-state index in [1.165, 1.54) is 6.92 Å². The van der Waals surface area contributed by atoms with Gasteiger partial charge in [-0.1, -0.05) is 0 Å². The van der Waals surface area contributed by atoms with Gasteiger partial charge in [-0.3, -0.25) is 19.2 Å². The van der Waals surface area contributed by atoms with Crippen molar-refractivity contribution in [1.82, 2.24) is 4.90 Å². The smallest absolute Gasteiger partial charge is 0.303 e. The highest BCUT2D eigenvalue weighted by atomic mass is 127.